The number of carbonyl (C=O) groups excluding carboxylic acids is 2. The van der Waals surface area contributed by atoms with Crippen LogP contribution in [0.1, 0.15) is 31.8 Å². The Balaban J connectivity index is 1.69. The predicted molar refractivity (Wildman–Crippen MR) is 120 cm³/mol. The van der Waals surface area contributed by atoms with Gasteiger partial charge in [0.2, 0.25) is 5.95 Å². The molecule has 1 aromatic heterocycles. The monoisotopic (exact) mass is 429 g/mol. The van der Waals surface area contributed by atoms with Crippen molar-refractivity contribution >= 4 is 23.7 Å². The molecule has 0 aliphatic carbocycles. The lowest BCUT2D eigenvalue weighted by Gasteiger charge is -2.08. The molecule has 0 radical (unpaired) electrons. The van der Waals surface area contributed by atoms with Crippen LogP contribution in [0.25, 0.3) is 5.69 Å². The van der Waals surface area contributed by atoms with Gasteiger partial charge in [-0.2, -0.15) is 9.67 Å². The molecule has 1 heterocycles. The Bertz CT molecular complexity index is 1320. The Kier molecular flexibility index (Phi) is 5.76. The van der Waals surface area contributed by atoms with Crippen LogP contribution in [0.5, 0.6) is 0 Å². The highest BCUT2D eigenvalue weighted by Crippen LogP contribution is 2.19. The molecule has 160 valence electrons. The summed E-state index contributed by atoms with van der Waals surface area (Å²) in [6, 6.07) is 19.9. The normalized spacial score (nSPS) is 10.6. The van der Waals surface area contributed by atoms with E-state index in [-0.39, 0.29) is 11.9 Å². The lowest BCUT2D eigenvalue weighted by Crippen LogP contribution is -2.17. The molecule has 2 N–H and O–H groups in total. The summed E-state index contributed by atoms with van der Waals surface area (Å²) in [6.07, 6.45) is 0. The molecule has 4 rings (SSSR count). The number of anilines is 2. The van der Waals surface area contributed by atoms with E-state index in [4.69, 9.17) is 0 Å². The van der Waals surface area contributed by atoms with Crippen LogP contribution in [0.15, 0.2) is 72.8 Å². The molecule has 0 aliphatic rings. The van der Waals surface area contributed by atoms with Crippen LogP contribution in [0.2, 0.25) is 0 Å². The second-order valence-electron chi connectivity index (χ2n) is 7.19. The first-order valence-electron chi connectivity index (χ1n) is 9.89. The van der Waals surface area contributed by atoms with Gasteiger partial charge < -0.3 is 0 Å². The number of aryl methyl sites for hydroxylation is 2. The van der Waals surface area contributed by atoms with Gasteiger partial charge in [0.25, 0.3) is 17.8 Å². The molecule has 0 aliphatic heterocycles. The van der Waals surface area contributed by atoms with E-state index in [1.807, 2.05) is 38.1 Å². The van der Waals surface area contributed by atoms with E-state index < -0.39 is 17.6 Å². The molecule has 0 unspecified atom stereocenters. The number of aromatic nitrogens is 3. The quantitative estimate of drug-likeness (QED) is 0.488. The van der Waals surface area contributed by atoms with Crippen molar-refractivity contribution in [3.05, 3.63) is 101 Å². The van der Waals surface area contributed by atoms with Crippen molar-refractivity contribution in [3.63, 3.8) is 0 Å². The number of rotatable bonds is 5. The fraction of sp³-hybridized carbons (Fsp3) is 0.0833. The summed E-state index contributed by atoms with van der Waals surface area (Å²) in [7, 11) is 0. The molecule has 0 fully saturated rings. The number of nitrogens with one attached hydrogen (secondary N) is 2. The zero-order valence-electron chi connectivity index (χ0n) is 17.5. The summed E-state index contributed by atoms with van der Waals surface area (Å²) in [5, 5.41) is 9.63. The highest BCUT2D eigenvalue weighted by Gasteiger charge is 2.19. The fourth-order valence-corrected chi connectivity index (χ4v) is 3.23. The minimum atomic E-state index is -0.473. The minimum absolute atomic E-state index is 0.0254. The van der Waals surface area contributed by atoms with Gasteiger partial charge in [0.1, 0.15) is 5.82 Å². The van der Waals surface area contributed by atoms with Crippen molar-refractivity contribution in [2.24, 2.45) is 0 Å². The highest BCUT2D eigenvalue weighted by molar-refractivity contribution is 6.06. The number of hydrogen-bond acceptors (Lipinski definition) is 4. The Hall–Kier alpha value is -4.33. The van der Waals surface area contributed by atoms with Gasteiger partial charge >= 0.3 is 0 Å². The third-order valence-electron chi connectivity index (χ3n) is 4.89. The lowest BCUT2D eigenvalue weighted by molar-refractivity contribution is 0.101. The van der Waals surface area contributed by atoms with E-state index >= 15 is 0 Å². The summed E-state index contributed by atoms with van der Waals surface area (Å²) in [6.45, 7) is 3.64. The molecule has 0 spiro atoms. The van der Waals surface area contributed by atoms with E-state index in [1.165, 1.54) is 22.9 Å². The Morgan fingerprint density at radius 3 is 2.00 bits per heavy atom. The molecule has 0 saturated carbocycles. The van der Waals surface area contributed by atoms with Crippen LogP contribution < -0.4 is 10.6 Å². The Labute approximate surface area is 183 Å². The van der Waals surface area contributed by atoms with Gasteiger partial charge in [0.15, 0.2) is 0 Å². The zero-order valence-corrected chi connectivity index (χ0v) is 17.5. The first-order chi connectivity index (χ1) is 15.4. The molecule has 0 saturated heterocycles. The summed E-state index contributed by atoms with van der Waals surface area (Å²) in [4.78, 5) is 29.8. The molecule has 7 nitrogen and oxygen atoms in total. The lowest BCUT2D eigenvalue weighted by atomic mass is 10.1. The van der Waals surface area contributed by atoms with Gasteiger partial charge in [0, 0.05) is 11.1 Å². The van der Waals surface area contributed by atoms with E-state index in [1.54, 1.807) is 30.3 Å². The van der Waals surface area contributed by atoms with Crippen molar-refractivity contribution in [2.75, 3.05) is 10.6 Å². The van der Waals surface area contributed by atoms with Gasteiger partial charge in [-0.05, 0) is 55.3 Å². The van der Waals surface area contributed by atoms with E-state index in [0.29, 0.717) is 16.8 Å². The first-order valence-corrected chi connectivity index (χ1v) is 9.89. The van der Waals surface area contributed by atoms with Crippen LogP contribution in [-0.2, 0) is 0 Å². The number of hydrogen-bond donors (Lipinski definition) is 2. The average molecular weight is 429 g/mol. The van der Waals surface area contributed by atoms with Gasteiger partial charge in [0.05, 0.1) is 5.69 Å². The summed E-state index contributed by atoms with van der Waals surface area (Å²) in [5.74, 6) is -1.24. The van der Waals surface area contributed by atoms with Crippen molar-refractivity contribution < 1.29 is 14.0 Å². The number of benzene rings is 3. The average Bonchev–Trinajstić information content (AvgIpc) is 3.16. The van der Waals surface area contributed by atoms with Gasteiger partial charge in [-0.3, -0.25) is 20.2 Å². The molecule has 2 amide bonds. The van der Waals surface area contributed by atoms with Crippen molar-refractivity contribution in [1.29, 1.82) is 0 Å². The molecular formula is C24H20FN5O2. The largest absolute Gasteiger partial charge is 0.290 e. The van der Waals surface area contributed by atoms with Crippen LogP contribution >= 0.6 is 0 Å². The van der Waals surface area contributed by atoms with Crippen molar-refractivity contribution in [3.8, 4) is 5.69 Å². The molecule has 3 aromatic carbocycles. The van der Waals surface area contributed by atoms with E-state index in [0.717, 1.165) is 11.1 Å². The Morgan fingerprint density at radius 2 is 1.41 bits per heavy atom. The topological polar surface area (TPSA) is 88.9 Å². The maximum absolute atomic E-state index is 13.8. The van der Waals surface area contributed by atoms with Gasteiger partial charge in [-0.15, -0.1) is 5.10 Å². The summed E-state index contributed by atoms with van der Waals surface area (Å²) >= 11 is 0. The SMILES string of the molecule is Cc1ccccc1C(=O)Nc1nc(NC(=O)c2ccccc2C)n(-c2cccc(F)c2)n1. The molecule has 0 atom stereocenters. The van der Waals surface area contributed by atoms with Crippen molar-refractivity contribution in [2.45, 2.75) is 13.8 Å². The second kappa shape index (κ2) is 8.81. The maximum atomic E-state index is 13.8. The third kappa shape index (κ3) is 4.39. The minimum Gasteiger partial charge on any atom is -0.290 e. The maximum Gasteiger partial charge on any atom is 0.258 e. The predicted octanol–water partition coefficient (Wildman–Crippen LogP) is 4.53. The zero-order chi connectivity index (χ0) is 22.7. The molecular weight excluding hydrogens is 409 g/mol. The Morgan fingerprint density at radius 1 is 0.812 bits per heavy atom. The standard InChI is InChI=1S/C24H20FN5O2/c1-15-8-3-5-12-19(15)21(31)26-23-28-24(27-22(32)20-13-6-4-9-16(20)2)30(29-23)18-11-7-10-17(25)14-18/h3-14H,1-2H3,(H2,26,27,28,29,31,32). The van der Waals surface area contributed by atoms with Crippen LogP contribution in [0, 0.1) is 19.7 Å². The van der Waals surface area contributed by atoms with E-state index in [9.17, 15) is 14.0 Å². The van der Waals surface area contributed by atoms with Crippen molar-refractivity contribution in [1.82, 2.24) is 14.8 Å². The van der Waals surface area contributed by atoms with Gasteiger partial charge in [-0.25, -0.2) is 4.39 Å². The molecule has 8 heteroatoms. The molecule has 32 heavy (non-hydrogen) atoms. The fourth-order valence-electron chi connectivity index (χ4n) is 3.23. The summed E-state index contributed by atoms with van der Waals surface area (Å²) in [5.41, 5.74) is 2.86. The highest BCUT2D eigenvalue weighted by atomic mass is 19.1. The number of halogens is 1. The van der Waals surface area contributed by atoms with E-state index in [2.05, 4.69) is 20.7 Å². The van der Waals surface area contributed by atoms with Crippen LogP contribution in [0.3, 0.4) is 0 Å². The number of nitrogens with zero attached hydrogens (tertiary/aromatic N) is 3. The smallest absolute Gasteiger partial charge is 0.258 e. The van der Waals surface area contributed by atoms with Crippen LogP contribution in [-0.4, -0.2) is 26.6 Å². The number of amides is 2. The van der Waals surface area contributed by atoms with Gasteiger partial charge in [-0.1, -0.05) is 42.5 Å². The second-order valence-corrected chi connectivity index (χ2v) is 7.19. The molecule has 4 aromatic rings. The third-order valence-corrected chi connectivity index (χ3v) is 4.89. The van der Waals surface area contributed by atoms with Crippen LogP contribution in [0.4, 0.5) is 16.3 Å². The number of carbonyl (C=O) groups is 2. The molecule has 0 bridgehead atoms. The first kappa shape index (κ1) is 20.9. The summed E-state index contributed by atoms with van der Waals surface area (Å²) < 4.78 is 15.1.